The number of nitrogens with one attached hydrogen (secondary N) is 1. The smallest absolute Gasteiger partial charge is 0.280 e. The quantitative estimate of drug-likeness (QED) is 0.878. The van der Waals surface area contributed by atoms with Gasteiger partial charge in [0.05, 0.1) is 10.9 Å². The maximum absolute atomic E-state index is 13.0. The van der Waals surface area contributed by atoms with Gasteiger partial charge in [-0.05, 0) is 25.0 Å². The van der Waals surface area contributed by atoms with Gasteiger partial charge < -0.3 is 5.11 Å². The Morgan fingerprint density at radius 2 is 1.84 bits per heavy atom. The lowest BCUT2D eigenvalue weighted by Crippen LogP contribution is -2.45. The molecule has 0 unspecified atom stereocenters. The fourth-order valence-electron chi connectivity index (χ4n) is 3.18. The van der Waals surface area contributed by atoms with Crippen molar-refractivity contribution in [2.45, 2.75) is 58.5 Å². The Hall–Kier alpha value is -2.21. The Balaban J connectivity index is 2.21. The minimum absolute atomic E-state index is 0.230. The van der Waals surface area contributed by atoms with Gasteiger partial charge in [0.25, 0.3) is 5.56 Å². The molecule has 3 rings (SSSR count). The lowest BCUT2D eigenvalue weighted by molar-refractivity contribution is -0.124. The number of nitrogens with zero attached hydrogens (tertiary/aromatic N) is 2. The predicted octanol–water partition coefficient (Wildman–Crippen LogP) is 2.66. The summed E-state index contributed by atoms with van der Waals surface area (Å²) in [6, 6.07) is 7.00. The second kappa shape index (κ2) is 6.26. The van der Waals surface area contributed by atoms with Crippen molar-refractivity contribution >= 4 is 16.8 Å². The van der Waals surface area contributed by atoms with E-state index in [9.17, 15) is 14.7 Å². The zero-order valence-electron chi connectivity index (χ0n) is 15.0. The largest absolute Gasteiger partial charge is 0.382 e. The van der Waals surface area contributed by atoms with E-state index in [-0.39, 0.29) is 17.3 Å². The van der Waals surface area contributed by atoms with Gasteiger partial charge in [-0.1, -0.05) is 52.2 Å². The molecule has 1 aliphatic rings. The number of fused-ring (bicyclic) bond motifs is 1. The number of aliphatic hydroxyl groups is 1. The van der Waals surface area contributed by atoms with Gasteiger partial charge in [-0.2, -0.15) is 4.68 Å². The van der Waals surface area contributed by atoms with Crippen LogP contribution in [0.15, 0.2) is 29.1 Å². The van der Waals surface area contributed by atoms with Crippen LogP contribution in [0.2, 0.25) is 0 Å². The van der Waals surface area contributed by atoms with Gasteiger partial charge in [-0.15, -0.1) is 0 Å². The maximum atomic E-state index is 13.0. The number of hydrogen-bond acceptors (Lipinski definition) is 4. The van der Waals surface area contributed by atoms with E-state index < -0.39 is 11.0 Å². The number of hydrogen-bond donors (Lipinski definition) is 2. The molecule has 0 bridgehead atoms. The minimum atomic E-state index is -1.20. The average molecular weight is 343 g/mol. The fraction of sp³-hybridized carbons (Fsp3) is 0.526. The van der Waals surface area contributed by atoms with Gasteiger partial charge in [0, 0.05) is 5.41 Å². The van der Waals surface area contributed by atoms with Crippen molar-refractivity contribution in [3.63, 3.8) is 0 Å². The molecular weight excluding hydrogens is 318 g/mol. The molecule has 2 aromatic rings. The summed E-state index contributed by atoms with van der Waals surface area (Å²) >= 11 is 0. The van der Waals surface area contributed by atoms with Crippen LogP contribution in [0.25, 0.3) is 10.9 Å². The molecule has 1 aliphatic carbocycles. The highest BCUT2D eigenvalue weighted by molar-refractivity contribution is 5.89. The Bertz CT molecular complexity index is 858. The molecule has 0 saturated heterocycles. The van der Waals surface area contributed by atoms with Crippen molar-refractivity contribution in [1.29, 1.82) is 0 Å². The van der Waals surface area contributed by atoms with Crippen molar-refractivity contribution in [2.75, 3.05) is 5.43 Å². The zero-order chi connectivity index (χ0) is 18.2. The molecule has 25 heavy (non-hydrogen) atoms. The van der Waals surface area contributed by atoms with E-state index in [0.29, 0.717) is 23.7 Å². The third-order valence-corrected chi connectivity index (χ3v) is 4.77. The van der Waals surface area contributed by atoms with Crippen LogP contribution in [0.4, 0.5) is 0 Å². The number of aromatic nitrogens is 2. The summed E-state index contributed by atoms with van der Waals surface area (Å²) < 4.78 is 1.15. The normalized spacial score (nSPS) is 17.4. The second-order valence-electron chi connectivity index (χ2n) is 7.88. The van der Waals surface area contributed by atoms with Crippen molar-refractivity contribution < 1.29 is 9.90 Å². The molecule has 1 heterocycles. The number of para-hydroxylation sites is 1. The van der Waals surface area contributed by atoms with E-state index in [0.717, 1.165) is 23.9 Å². The minimum Gasteiger partial charge on any atom is -0.382 e. The van der Waals surface area contributed by atoms with Gasteiger partial charge in [0.15, 0.2) is 5.82 Å². The first-order chi connectivity index (χ1) is 11.7. The number of amides is 1. The molecule has 1 aromatic carbocycles. The highest BCUT2D eigenvalue weighted by atomic mass is 16.3. The molecule has 0 spiro atoms. The van der Waals surface area contributed by atoms with E-state index in [1.807, 2.05) is 6.07 Å². The number of carbonyl (C=O) groups is 1. The zero-order valence-corrected chi connectivity index (χ0v) is 15.0. The maximum Gasteiger partial charge on any atom is 0.280 e. The van der Waals surface area contributed by atoms with Crippen molar-refractivity contribution in [3.05, 3.63) is 40.4 Å². The molecule has 6 nitrogen and oxygen atoms in total. The first kappa shape index (κ1) is 17.6. The van der Waals surface area contributed by atoms with Crippen molar-refractivity contribution in [3.8, 4) is 0 Å². The van der Waals surface area contributed by atoms with Gasteiger partial charge >= 0.3 is 0 Å². The predicted molar refractivity (Wildman–Crippen MR) is 96.8 cm³/mol. The molecule has 1 aromatic heterocycles. The highest BCUT2D eigenvalue weighted by Gasteiger charge is 2.37. The summed E-state index contributed by atoms with van der Waals surface area (Å²) in [5, 5.41) is 11.6. The Labute approximate surface area is 146 Å². The monoisotopic (exact) mass is 343 g/mol. The van der Waals surface area contributed by atoms with Crippen LogP contribution in [0.3, 0.4) is 0 Å². The summed E-state index contributed by atoms with van der Waals surface area (Å²) in [6.07, 6.45) is 3.85. The Morgan fingerprint density at radius 3 is 2.48 bits per heavy atom. The Morgan fingerprint density at radius 1 is 1.20 bits per heavy atom. The van der Waals surface area contributed by atoms with Gasteiger partial charge in [-0.25, -0.2) is 4.98 Å². The lowest BCUT2D eigenvalue weighted by Gasteiger charge is -2.33. The number of benzene rings is 1. The molecule has 0 atom stereocenters. The van der Waals surface area contributed by atoms with E-state index in [4.69, 9.17) is 0 Å². The van der Waals surface area contributed by atoms with Crippen LogP contribution >= 0.6 is 0 Å². The van der Waals surface area contributed by atoms with Gasteiger partial charge in [0.1, 0.15) is 5.60 Å². The van der Waals surface area contributed by atoms with Crippen LogP contribution in [-0.2, 0) is 10.4 Å². The summed E-state index contributed by atoms with van der Waals surface area (Å²) in [5.41, 5.74) is 0.972. The fourth-order valence-corrected chi connectivity index (χ4v) is 3.18. The first-order valence-electron chi connectivity index (χ1n) is 8.78. The summed E-state index contributed by atoms with van der Waals surface area (Å²) in [7, 11) is 0. The molecule has 0 aliphatic heterocycles. The van der Waals surface area contributed by atoms with E-state index >= 15 is 0 Å². The third-order valence-electron chi connectivity index (χ3n) is 4.77. The molecule has 1 fully saturated rings. The SMILES string of the molecule is CC(C)(C)C(=O)Nn1c(C2(O)CCCCC2)nc2ccccc2c1=O. The summed E-state index contributed by atoms with van der Waals surface area (Å²) in [4.78, 5) is 30.0. The third kappa shape index (κ3) is 3.31. The van der Waals surface area contributed by atoms with Crippen LogP contribution in [0.1, 0.15) is 58.7 Å². The molecule has 0 radical (unpaired) electrons. The van der Waals surface area contributed by atoms with E-state index in [1.165, 1.54) is 0 Å². The average Bonchev–Trinajstić information content (AvgIpc) is 2.57. The topological polar surface area (TPSA) is 84.2 Å². The lowest BCUT2D eigenvalue weighted by atomic mass is 9.84. The van der Waals surface area contributed by atoms with E-state index in [2.05, 4.69) is 10.4 Å². The number of rotatable bonds is 2. The first-order valence-corrected chi connectivity index (χ1v) is 8.78. The molecule has 1 saturated carbocycles. The molecular formula is C19H25N3O3. The van der Waals surface area contributed by atoms with Gasteiger partial charge in [0.2, 0.25) is 5.91 Å². The summed E-state index contributed by atoms with van der Waals surface area (Å²) in [6.45, 7) is 5.32. The molecule has 6 heteroatoms. The van der Waals surface area contributed by atoms with Crippen molar-refractivity contribution in [1.82, 2.24) is 9.66 Å². The Kier molecular flexibility index (Phi) is 4.41. The molecule has 1 amide bonds. The van der Waals surface area contributed by atoms with E-state index in [1.54, 1.807) is 39.0 Å². The molecule has 134 valence electrons. The van der Waals surface area contributed by atoms with Crippen LogP contribution in [-0.4, -0.2) is 20.7 Å². The van der Waals surface area contributed by atoms with Crippen LogP contribution < -0.4 is 11.0 Å². The van der Waals surface area contributed by atoms with Crippen LogP contribution in [0.5, 0.6) is 0 Å². The van der Waals surface area contributed by atoms with Gasteiger partial charge in [-0.3, -0.25) is 15.0 Å². The molecule has 2 N–H and O–H groups in total. The second-order valence-corrected chi connectivity index (χ2v) is 7.88. The number of carbonyl (C=O) groups excluding carboxylic acids is 1. The van der Waals surface area contributed by atoms with Crippen molar-refractivity contribution in [2.24, 2.45) is 5.41 Å². The van der Waals surface area contributed by atoms with Crippen LogP contribution in [0, 0.1) is 5.41 Å². The standard InChI is InChI=1S/C19H25N3O3/c1-18(2,3)17(24)21-22-15(23)13-9-5-6-10-14(13)20-16(22)19(25)11-7-4-8-12-19/h5-6,9-10,25H,4,7-8,11-12H2,1-3H3,(H,21,24). The highest BCUT2D eigenvalue weighted by Crippen LogP contribution is 2.35. The summed E-state index contributed by atoms with van der Waals surface area (Å²) in [5.74, 6) is -0.0687.